The average molecular weight is 483 g/mol. The topological polar surface area (TPSA) is 158 Å². The van der Waals surface area contributed by atoms with E-state index in [0.717, 1.165) is 16.5 Å². The second kappa shape index (κ2) is 10.7. The van der Waals surface area contributed by atoms with Crippen molar-refractivity contribution >= 4 is 38.5 Å². The molecule has 0 saturated heterocycles. The number of nitriles is 1. The van der Waals surface area contributed by atoms with E-state index in [0.29, 0.717) is 12.1 Å². The van der Waals surface area contributed by atoms with E-state index < -0.39 is 28.5 Å². The number of nitrogens with one attached hydrogen (secondary N) is 2. The van der Waals surface area contributed by atoms with Crippen molar-refractivity contribution < 1.29 is 27.9 Å². The molecule has 0 saturated carbocycles. The molecule has 1 aromatic heterocycles. The Kier molecular flexibility index (Phi) is 7.78. The molecule has 1 unspecified atom stereocenters. The number of anilines is 1. The highest BCUT2D eigenvalue weighted by molar-refractivity contribution is 7.89. The van der Waals surface area contributed by atoms with Gasteiger partial charge in [0.1, 0.15) is 16.7 Å². The molecule has 2 aromatic carbocycles. The molecular formula is C23H22N4O6S. The highest BCUT2D eigenvalue weighted by atomic mass is 32.2. The summed E-state index contributed by atoms with van der Waals surface area (Å²) in [6.45, 7) is 1.42. The van der Waals surface area contributed by atoms with Crippen molar-refractivity contribution in [3.05, 3.63) is 60.3 Å². The van der Waals surface area contributed by atoms with Crippen molar-refractivity contribution in [3.8, 4) is 11.8 Å². The molecule has 3 rings (SSSR count). The average Bonchev–Trinajstić information content (AvgIpc) is 2.78. The number of aliphatic carboxylic acids is 1. The summed E-state index contributed by atoms with van der Waals surface area (Å²) in [5.41, 5.74) is 2.09. The van der Waals surface area contributed by atoms with Crippen LogP contribution in [0.3, 0.4) is 0 Å². The van der Waals surface area contributed by atoms with Gasteiger partial charge in [-0.05, 0) is 29.8 Å². The second-order valence-corrected chi connectivity index (χ2v) is 9.01. The lowest BCUT2D eigenvalue weighted by Crippen LogP contribution is -2.35. The lowest BCUT2D eigenvalue weighted by molar-refractivity contribution is -0.137. The van der Waals surface area contributed by atoms with Gasteiger partial charge in [-0.3, -0.25) is 14.6 Å². The maximum atomic E-state index is 12.9. The molecule has 3 N–H and O–H groups in total. The van der Waals surface area contributed by atoms with Crippen LogP contribution in [-0.4, -0.2) is 43.0 Å². The standard InChI is InChI=1S/C23H22N4O6S/c1-15(28)26-17-7-8-22(34(31,32)27-18(14-24)13-23(29)30)21(12-17)33-11-9-16-4-2-6-20-19(16)5-3-10-25-20/h2-8,10,12,18,27H,9,11,13H2,1H3,(H,26,28)(H,29,30). The van der Waals surface area contributed by atoms with Crippen LogP contribution >= 0.6 is 0 Å². The number of ether oxygens (including phenoxy) is 1. The number of carbonyl (C=O) groups excluding carboxylic acids is 1. The third kappa shape index (κ3) is 6.28. The van der Waals surface area contributed by atoms with Gasteiger partial charge in [0.15, 0.2) is 0 Å². The summed E-state index contributed by atoms with van der Waals surface area (Å²) >= 11 is 0. The predicted molar refractivity (Wildman–Crippen MR) is 124 cm³/mol. The Balaban J connectivity index is 1.87. The smallest absolute Gasteiger partial charge is 0.306 e. The van der Waals surface area contributed by atoms with E-state index >= 15 is 0 Å². The molecule has 0 aliphatic rings. The second-order valence-electron chi connectivity index (χ2n) is 7.33. The van der Waals surface area contributed by atoms with E-state index in [1.165, 1.54) is 25.1 Å². The Morgan fingerprint density at radius 2 is 2.00 bits per heavy atom. The number of amides is 1. The molecule has 176 valence electrons. The van der Waals surface area contributed by atoms with Crippen LogP contribution in [0.4, 0.5) is 5.69 Å². The molecule has 1 amide bonds. The third-order valence-electron chi connectivity index (χ3n) is 4.75. The van der Waals surface area contributed by atoms with Crippen LogP contribution in [0, 0.1) is 11.3 Å². The zero-order valence-corrected chi connectivity index (χ0v) is 19.0. The minimum absolute atomic E-state index is 0.0517. The van der Waals surface area contributed by atoms with Gasteiger partial charge in [-0.1, -0.05) is 18.2 Å². The number of carboxylic acids is 1. The van der Waals surface area contributed by atoms with E-state index in [4.69, 9.17) is 15.1 Å². The Hall–Kier alpha value is -4.01. The van der Waals surface area contributed by atoms with Crippen molar-refractivity contribution in [1.82, 2.24) is 9.71 Å². The molecule has 0 fully saturated rings. The Bertz CT molecular complexity index is 1360. The normalized spacial score (nSPS) is 12.0. The maximum absolute atomic E-state index is 12.9. The van der Waals surface area contributed by atoms with Crippen LogP contribution < -0.4 is 14.8 Å². The predicted octanol–water partition coefficient (Wildman–Crippen LogP) is 2.46. The summed E-state index contributed by atoms with van der Waals surface area (Å²) < 4.78 is 33.7. The van der Waals surface area contributed by atoms with Crippen molar-refractivity contribution in [2.24, 2.45) is 0 Å². The van der Waals surface area contributed by atoms with Gasteiger partial charge >= 0.3 is 5.97 Å². The van der Waals surface area contributed by atoms with Crippen LogP contribution in [0.5, 0.6) is 5.75 Å². The first-order valence-electron chi connectivity index (χ1n) is 10.2. The molecular weight excluding hydrogens is 460 g/mol. The lowest BCUT2D eigenvalue weighted by atomic mass is 10.1. The first kappa shape index (κ1) is 24.6. The van der Waals surface area contributed by atoms with Crippen molar-refractivity contribution in [3.63, 3.8) is 0 Å². The van der Waals surface area contributed by atoms with Crippen LogP contribution in [0.2, 0.25) is 0 Å². The SMILES string of the molecule is CC(=O)Nc1ccc(S(=O)(=O)NC(C#N)CC(=O)O)c(OCCc2cccc3ncccc23)c1. The highest BCUT2D eigenvalue weighted by Gasteiger charge is 2.25. The molecule has 11 heteroatoms. The van der Waals surface area contributed by atoms with E-state index in [1.54, 1.807) is 12.3 Å². The number of hydrogen-bond acceptors (Lipinski definition) is 7. The van der Waals surface area contributed by atoms with Gasteiger partial charge in [0.25, 0.3) is 0 Å². The number of rotatable bonds is 10. The van der Waals surface area contributed by atoms with Gasteiger partial charge in [0.2, 0.25) is 15.9 Å². The number of pyridine rings is 1. The van der Waals surface area contributed by atoms with E-state index in [1.807, 2.05) is 30.3 Å². The first-order chi connectivity index (χ1) is 16.2. The lowest BCUT2D eigenvalue weighted by Gasteiger charge is -2.16. The fraction of sp³-hybridized carbons (Fsp3) is 0.217. The van der Waals surface area contributed by atoms with Crippen LogP contribution in [0.15, 0.2) is 59.6 Å². The van der Waals surface area contributed by atoms with Gasteiger partial charge in [-0.25, -0.2) is 8.42 Å². The van der Waals surface area contributed by atoms with Gasteiger partial charge < -0.3 is 15.2 Å². The van der Waals surface area contributed by atoms with Gasteiger partial charge in [0, 0.05) is 36.7 Å². The fourth-order valence-electron chi connectivity index (χ4n) is 3.32. The summed E-state index contributed by atoms with van der Waals surface area (Å²) in [6.07, 6.45) is 1.43. The molecule has 1 atom stereocenters. The number of fused-ring (bicyclic) bond motifs is 1. The Morgan fingerprint density at radius 1 is 1.21 bits per heavy atom. The van der Waals surface area contributed by atoms with Crippen molar-refractivity contribution in [2.75, 3.05) is 11.9 Å². The van der Waals surface area contributed by atoms with Gasteiger partial charge in [-0.15, -0.1) is 0 Å². The van der Waals surface area contributed by atoms with E-state index in [-0.39, 0.29) is 23.2 Å². The number of benzene rings is 2. The van der Waals surface area contributed by atoms with Gasteiger partial charge in [0.05, 0.1) is 24.6 Å². The summed E-state index contributed by atoms with van der Waals surface area (Å²) in [5, 5.41) is 21.5. The first-order valence-corrected chi connectivity index (χ1v) is 11.7. The molecule has 1 heterocycles. The zero-order chi connectivity index (χ0) is 24.7. The summed E-state index contributed by atoms with van der Waals surface area (Å²) in [5.74, 6) is -1.73. The Labute approximate surface area is 196 Å². The van der Waals surface area contributed by atoms with Gasteiger partial charge in [-0.2, -0.15) is 9.98 Å². The molecule has 0 spiro atoms. The van der Waals surface area contributed by atoms with Crippen LogP contribution in [0.25, 0.3) is 10.9 Å². The highest BCUT2D eigenvalue weighted by Crippen LogP contribution is 2.28. The quantitative estimate of drug-likeness (QED) is 0.397. The summed E-state index contributed by atoms with van der Waals surface area (Å²) in [4.78, 5) is 26.4. The number of hydrogen-bond donors (Lipinski definition) is 3. The number of nitrogens with zero attached hydrogens (tertiary/aromatic N) is 2. The van der Waals surface area contributed by atoms with E-state index in [2.05, 4.69) is 15.0 Å². The number of aromatic nitrogens is 1. The van der Waals surface area contributed by atoms with Crippen LogP contribution in [-0.2, 0) is 26.0 Å². The molecule has 3 aromatic rings. The molecule has 0 bridgehead atoms. The molecule has 0 radical (unpaired) electrons. The minimum Gasteiger partial charge on any atom is -0.492 e. The fourth-order valence-corrected chi connectivity index (χ4v) is 4.59. The molecule has 34 heavy (non-hydrogen) atoms. The largest absolute Gasteiger partial charge is 0.492 e. The van der Waals surface area contributed by atoms with Crippen molar-refractivity contribution in [1.29, 1.82) is 5.26 Å². The van der Waals surface area contributed by atoms with Crippen LogP contribution in [0.1, 0.15) is 18.9 Å². The number of sulfonamides is 1. The van der Waals surface area contributed by atoms with Crippen molar-refractivity contribution in [2.45, 2.75) is 30.7 Å². The Morgan fingerprint density at radius 3 is 2.71 bits per heavy atom. The number of carbonyl (C=O) groups is 2. The summed E-state index contributed by atoms with van der Waals surface area (Å²) in [6, 6.07) is 13.5. The zero-order valence-electron chi connectivity index (χ0n) is 18.2. The summed E-state index contributed by atoms with van der Waals surface area (Å²) in [7, 11) is -4.31. The monoisotopic (exact) mass is 482 g/mol. The van der Waals surface area contributed by atoms with E-state index in [9.17, 15) is 18.0 Å². The number of carboxylic acid groups (broad SMARTS) is 1. The molecule has 0 aliphatic heterocycles. The minimum atomic E-state index is -4.31. The molecule has 0 aliphatic carbocycles. The molecule has 10 nitrogen and oxygen atoms in total. The maximum Gasteiger partial charge on any atom is 0.306 e. The third-order valence-corrected chi connectivity index (χ3v) is 6.26.